The zero-order chi connectivity index (χ0) is 26.2. The van der Waals surface area contributed by atoms with Crippen molar-refractivity contribution in [2.75, 3.05) is 6.54 Å². The summed E-state index contributed by atoms with van der Waals surface area (Å²) >= 11 is 0. The van der Waals surface area contributed by atoms with E-state index in [0.717, 1.165) is 4.57 Å². The quantitative estimate of drug-likeness (QED) is 0.399. The van der Waals surface area contributed by atoms with Gasteiger partial charge in [-0.25, -0.2) is 17.6 Å². The number of hydrogen-bond acceptors (Lipinski definition) is 4. The molecule has 1 amide bonds. The third-order valence-electron chi connectivity index (χ3n) is 5.97. The molecule has 13 heteroatoms. The molecule has 2 N–H and O–H groups in total. The second-order valence-electron chi connectivity index (χ2n) is 8.46. The topological polar surface area (TPSA) is 77.0 Å². The molecule has 2 aromatic carbocycles. The number of amides is 1. The maximum absolute atomic E-state index is 14.4. The third kappa shape index (κ3) is 5.20. The maximum atomic E-state index is 14.4. The minimum atomic E-state index is -4.78. The van der Waals surface area contributed by atoms with Crippen LogP contribution in [0.3, 0.4) is 0 Å². The van der Waals surface area contributed by atoms with Gasteiger partial charge in [0.05, 0.1) is 6.04 Å². The fraction of sp³-hybridized carbons (Fsp3) is 0.348. The van der Waals surface area contributed by atoms with E-state index >= 15 is 0 Å². The van der Waals surface area contributed by atoms with E-state index in [9.17, 15) is 35.5 Å². The molecular formula is C23H20F7N5O. The lowest BCUT2D eigenvalue weighted by atomic mass is 9.99. The normalized spacial score (nSPS) is 16.7. The van der Waals surface area contributed by atoms with Gasteiger partial charge in [-0.05, 0) is 29.7 Å². The number of nitrogens with two attached hydrogens (primary N) is 1. The molecule has 0 aliphatic carbocycles. The largest absolute Gasteiger partial charge is 0.451 e. The molecule has 1 aromatic heterocycles. The Bertz CT molecular complexity index is 1280. The number of halogens is 7. The van der Waals surface area contributed by atoms with Gasteiger partial charge < -0.3 is 15.2 Å². The van der Waals surface area contributed by atoms with E-state index in [0.29, 0.717) is 12.1 Å². The summed E-state index contributed by atoms with van der Waals surface area (Å²) in [6.45, 7) is -0.429. The molecule has 1 aliphatic rings. The molecule has 36 heavy (non-hydrogen) atoms. The molecular weight excluding hydrogens is 495 g/mol. The highest BCUT2D eigenvalue weighted by Crippen LogP contribution is 2.35. The SMILES string of the molecule is N[C@@H](CC(=O)N1CCn2c(nnc2C(F)(F)F)[C@H]1Cc1ccccc1F)Cc1cc(F)c(F)cc1F. The molecule has 2 heterocycles. The first-order chi connectivity index (χ1) is 17.0. The summed E-state index contributed by atoms with van der Waals surface area (Å²) < 4.78 is 96.0. The third-order valence-corrected chi connectivity index (χ3v) is 5.97. The summed E-state index contributed by atoms with van der Waals surface area (Å²) in [6, 6.07) is 4.54. The van der Waals surface area contributed by atoms with Crippen LogP contribution in [-0.4, -0.2) is 38.2 Å². The predicted octanol–water partition coefficient (Wildman–Crippen LogP) is 3.94. The van der Waals surface area contributed by atoms with Gasteiger partial charge in [-0.2, -0.15) is 13.2 Å². The molecule has 0 saturated heterocycles. The molecule has 0 radical (unpaired) electrons. The van der Waals surface area contributed by atoms with E-state index in [1.807, 2.05) is 0 Å². The van der Waals surface area contributed by atoms with Crippen molar-refractivity contribution in [3.05, 3.63) is 82.4 Å². The first kappa shape index (κ1) is 25.6. The molecule has 4 rings (SSSR count). The van der Waals surface area contributed by atoms with E-state index < -0.39 is 53.3 Å². The van der Waals surface area contributed by atoms with Crippen molar-refractivity contribution in [2.24, 2.45) is 5.73 Å². The standard InChI is InChI=1S/C23H20F7N5O/c24-15-4-2-1-3-12(15)9-19-21-32-33-22(23(28,29)30)35(21)6-5-34(19)20(36)10-14(31)7-13-8-17(26)18(27)11-16(13)25/h1-4,8,11,14,19H,5-7,9-10,31H2/t14-,19-/m1/s1. The van der Waals surface area contributed by atoms with Crippen LogP contribution < -0.4 is 5.73 Å². The van der Waals surface area contributed by atoms with E-state index in [-0.39, 0.29) is 49.3 Å². The number of carbonyl (C=O) groups excluding carboxylic acids is 1. The number of nitrogens with zero attached hydrogens (tertiary/aromatic N) is 4. The van der Waals surface area contributed by atoms with Crippen LogP contribution in [0.5, 0.6) is 0 Å². The predicted molar refractivity (Wildman–Crippen MR) is 112 cm³/mol. The molecule has 0 fully saturated rings. The Balaban J connectivity index is 1.59. The molecule has 6 nitrogen and oxygen atoms in total. The van der Waals surface area contributed by atoms with Gasteiger partial charge in [0.25, 0.3) is 0 Å². The summed E-state index contributed by atoms with van der Waals surface area (Å²) in [6.07, 6.45) is -5.64. The Labute approximate surface area is 200 Å². The van der Waals surface area contributed by atoms with Crippen LogP contribution in [0.25, 0.3) is 0 Å². The lowest BCUT2D eigenvalue weighted by Gasteiger charge is -2.36. The van der Waals surface area contributed by atoms with Crippen LogP contribution in [-0.2, 0) is 30.4 Å². The highest BCUT2D eigenvalue weighted by molar-refractivity contribution is 5.77. The minimum Gasteiger partial charge on any atom is -0.330 e. The van der Waals surface area contributed by atoms with E-state index in [4.69, 9.17) is 5.73 Å². The van der Waals surface area contributed by atoms with Crippen LogP contribution in [0.4, 0.5) is 30.7 Å². The van der Waals surface area contributed by atoms with Gasteiger partial charge in [0, 0.05) is 38.0 Å². The van der Waals surface area contributed by atoms with E-state index in [1.54, 1.807) is 6.07 Å². The van der Waals surface area contributed by atoms with Crippen molar-refractivity contribution in [3.8, 4) is 0 Å². The number of hydrogen-bond donors (Lipinski definition) is 1. The van der Waals surface area contributed by atoms with Gasteiger partial charge in [0.1, 0.15) is 11.6 Å². The van der Waals surface area contributed by atoms with Gasteiger partial charge in [0.2, 0.25) is 11.7 Å². The zero-order valence-electron chi connectivity index (χ0n) is 18.6. The number of rotatable bonds is 6. The Morgan fingerprint density at radius 2 is 1.67 bits per heavy atom. The molecule has 3 aromatic rings. The van der Waals surface area contributed by atoms with Crippen molar-refractivity contribution >= 4 is 5.91 Å². The van der Waals surface area contributed by atoms with Crippen LogP contribution in [0.1, 0.15) is 35.2 Å². The monoisotopic (exact) mass is 515 g/mol. The molecule has 0 spiro atoms. The van der Waals surface area contributed by atoms with Crippen molar-refractivity contribution in [1.82, 2.24) is 19.7 Å². The minimum absolute atomic E-state index is 0.151. The summed E-state index contributed by atoms with van der Waals surface area (Å²) in [7, 11) is 0. The summed E-state index contributed by atoms with van der Waals surface area (Å²) in [5, 5.41) is 6.90. The number of aromatic nitrogens is 3. The Kier molecular flexibility index (Phi) is 7.03. The first-order valence-corrected chi connectivity index (χ1v) is 10.9. The highest BCUT2D eigenvalue weighted by Gasteiger charge is 2.43. The van der Waals surface area contributed by atoms with Gasteiger partial charge in [-0.15, -0.1) is 10.2 Å². The van der Waals surface area contributed by atoms with Crippen molar-refractivity contribution in [2.45, 2.75) is 44.1 Å². The fourth-order valence-corrected chi connectivity index (χ4v) is 4.28. The Morgan fingerprint density at radius 1 is 0.972 bits per heavy atom. The molecule has 0 bridgehead atoms. The summed E-state index contributed by atoms with van der Waals surface area (Å²) in [4.78, 5) is 14.4. The van der Waals surface area contributed by atoms with Crippen molar-refractivity contribution in [1.29, 1.82) is 0 Å². The van der Waals surface area contributed by atoms with Gasteiger partial charge in [-0.1, -0.05) is 18.2 Å². The van der Waals surface area contributed by atoms with Crippen LogP contribution in [0.2, 0.25) is 0 Å². The summed E-state index contributed by atoms with van der Waals surface area (Å²) in [5.74, 6) is -6.27. The number of alkyl halides is 3. The Hall–Kier alpha value is -3.48. The fourth-order valence-electron chi connectivity index (χ4n) is 4.28. The average molecular weight is 515 g/mol. The molecule has 1 aliphatic heterocycles. The molecule has 0 unspecified atom stereocenters. The van der Waals surface area contributed by atoms with Crippen molar-refractivity contribution in [3.63, 3.8) is 0 Å². The molecule has 192 valence electrons. The zero-order valence-corrected chi connectivity index (χ0v) is 18.6. The molecule has 2 atom stereocenters. The van der Waals surface area contributed by atoms with Crippen molar-refractivity contribution < 1.29 is 35.5 Å². The van der Waals surface area contributed by atoms with E-state index in [2.05, 4.69) is 10.2 Å². The van der Waals surface area contributed by atoms with Crippen LogP contribution in [0.15, 0.2) is 36.4 Å². The van der Waals surface area contributed by atoms with Crippen LogP contribution >= 0.6 is 0 Å². The highest BCUT2D eigenvalue weighted by atomic mass is 19.4. The smallest absolute Gasteiger partial charge is 0.330 e. The first-order valence-electron chi connectivity index (χ1n) is 10.9. The number of fused-ring (bicyclic) bond motifs is 1. The van der Waals surface area contributed by atoms with Crippen LogP contribution in [0, 0.1) is 23.3 Å². The van der Waals surface area contributed by atoms with Gasteiger partial charge in [-0.3, -0.25) is 4.79 Å². The maximum Gasteiger partial charge on any atom is 0.451 e. The number of benzene rings is 2. The van der Waals surface area contributed by atoms with E-state index in [1.165, 1.54) is 23.1 Å². The lowest BCUT2D eigenvalue weighted by molar-refractivity contribution is -0.148. The molecule has 0 saturated carbocycles. The average Bonchev–Trinajstić information content (AvgIpc) is 3.24. The summed E-state index contributed by atoms with van der Waals surface area (Å²) in [5.41, 5.74) is 5.90. The Morgan fingerprint density at radius 3 is 2.36 bits per heavy atom. The second kappa shape index (κ2) is 9.88. The lowest BCUT2D eigenvalue weighted by Crippen LogP contribution is -2.46. The van der Waals surface area contributed by atoms with Gasteiger partial charge in [0.15, 0.2) is 17.5 Å². The number of carbonyl (C=O) groups is 1. The van der Waals surface area contributed by atoms with Gasteiger partial charge >= 0.3 is 6.18 Å². The second-order valence-corrected chi connectivity index (χ2v) is 8.46.